The molecule has 0 aromatic carbocycles. The second kappa shape index (κ2) is 6.65. The van der Waals surface area contributed by atoms with E-state index in [0.717, 1.165) is 0 Å². The van der Waals surface area contributed by atoms with Crippen molar-refractivity contribution in [2.75, 3.05) is 26.7 Å². The van der Waals surface area contributed by atoms with Crippen molar-refractivity contribution in [1.29, 1.82) is 0 Å². The average molecular weight is 294 g/mol. The lowest BCUT2D eigenvalue weighted by Crippen LogP contribution is -2.52. The summed E-state index contributed by atoms with van der Waals surface area (Å²) in [4.78, 5) is 10.4. The van der Waals surface area contributed by atoms with E-state index in [-0.39, 0.29) is 25.2 Å². The Hall–Kier alpha value is -0.700. The molecule has 19 heavy (non-hydrogen) atoms. The quantitative estimate of drug-likeness (QED) is 0.753. The fourth-order valence-electron chi connectivity index (χ4n) is 2.08. The smallest absolute Gasteiger partial charge is 0.303 e. The Bertz CT molecular complexity index is 401. The molecule has 1 N–H and O–H groups in total. The summed E-state index contributed by atoms with van der Waals surface area (Å²) in [6.45, 7) is 4.53. The van der Waals surface area contributed by atoms with Crippen LogP contribution in [0.3, 0.4) is 0 Å². The van der Waals surface area contributed by atoms with Crippen molar-refractivity contribution >= 4 is 16.2 Å². The highest BCUT2D eigenvalue weighted by atomic mass is 32.2. The Kier molecular flexibility index (Phi) is 5.72. The monoisotopic (exact) mass is 294 g/mol. The van der Waals surface area contributed by atoms with Crippen molar-refractivity contribution in [2.24, 2.45) is 0 Å². The van der Waals surface area contributed by atoms with Gasteiger partial charge in [-0.1, -0.05) is 0 Å². The molecule has 1 rings (SSSR count). The molecule has 1 aliphatic heterocycles. The van der Waals surface area contributed by atoms with E-state index in [1.807, 2.05) is 13.8 Å². The van der Waals surface area contributed by atoms with Crippen LogP contribution in [0.2, 0.25) is 0 Å². The summed E-state index contributed by atoms with van der Waals surface area (Å²) in [6.07, 6.45) is 0.00733. The first kappa shape index (κ1) is 16.4. The van der Waals surface area contributed by atoms with E-state index in [0.29, 0.717) is 19.5 Å². The van der Waals surface area contributed by atoms with Crippen LogP contribution >= 0.6 is 0 Å². The van der Waals surface area contributed by atoms with Crippen LogP contribution in [0.4, 0.5) is 0 Å². The molecule has 0 aliphatic carbocycles. The lowest BCUT2D eigenvalue weighted by molar-refractivity contribution is -0.137. The maximum atomic E-state index is 12.3. The maximum absolute atomic E-state index is 12.3. The van der Waals surface area contributed by atoms with Crippen LogP contribution in [-0.2, 0) is 19.7 Å². The fraction of sp³-hybridized carbons (Fsp3) is 0.909. The van der Waals surface area contributed by atoms with Gasteiger partial charge in [-0.15, -0.1) is 0 Å². The minimum atomic E-state index is -3.53. The van der Waals surface area contributed by atoms with Gasteiger partial charge in [0.15, 0.2) is 0 Å². The Labute approximate surface area is 114 Å². The van der Waals surface area contributed by atoms with Gasteiger partial charge in [-0.25, -0.2) is 0 Å². The van der Waals surface area contributed by atoms with E-state index in [9.17, 15) is 13.2 Å². The minimum Gasteiger partial charge on any atom is -0.481 e. The summed E-state index contributed by atoms with van der Waals surface area (Å²) in [6, 6.07) is 0. The van der Waals surface area contributed by atoms with E-state index in [1.165, 1.54) is 15.7 Å². The van der Waals surface area contributed by atoms with Gasteiger partial charge in [-0.05, 0) is 20.3 Å². The number of morpholine rings is 1. The van der Waals surface area contributed by atoms with Crippen molar-refractivity contribution in [3.05, 3.63) is 0 Å². The summed E-state index contributed by atoms with van der Waals surface area (Å²) < 4.78 is 32.7. The number of carboxylic acid groups (broad SMARTS) is 1. The molecule has 0 spiro atoms. The standard InChI is InChI=1S/C11H22N2O5S/c1-9-7-13(8-10(2)18-9)19(16,17)12(3)6-4-5-11(14)15/h9-10H,4-8H2,1-3H3,(H,14,15). The number of nitrogens with zero attached hydrogens (tertiary/aromatic N) is 2. The molecule has 1 saturated heterocycles. The summed E-state index contributed by atoms with van der Waals surface area (Å²) >= 11 is 0. The van der Waals surface area contributed by atoms with Gasteiger partial charge in [0, 0.05) is 33.1 Å². The highest BCUT2D eigenvalue weighted by Gasteiger charge is 2.33. The highest BCUT2D eigenvalue weighted by molar-refractivity contribution is 7.86. The average Bonchev–Trinajstić information content (AvgIpc) is 2.26. The third kappa shape index (κ3) is 4.72. The SMILES string of the molecule is CC1CN(S(=O)(=O)N(C)CCCC(=O)O)CC(C)O1. The molecule has 0 bridgehead atoms. The summed E-state index contributed by atoms with van der Waals surface area (Å²) in [5.41, 5.74) is 0. The first-order chi connectivity index (χ1) is 8.73. The Morgan fingerprint density at radius 1 is 1.37 bits per heavy atom. The van der Waals surface area contributed by atoms with Gasteiger partial charge in [-0.3, -0.25) is 4.79 Å². The van der Waals surface area contributed by atoms with E-state index >= 15 is 0 Å². The summed E-state index contributed by atoms with van der Waals surface area (Å²) in [7, 11) is -2.06. The lowest BCUT2D eigenvalue weighted by atomic mass is 10.3. The van der Waals surface area contributed by atoms with E-state index in [1.54, 1.807) is 0 Å². The molecule has 0 aromatic heterocycles. The third-order valence-corrected chi connectivity index (χ3v) is 4.89. The molecule has 8 heteroatoms. The molecule has 1 fully saturated rings. The molecule has 0 amide bonds. The zero-order valence-electron chi connectivity index (χ0n) is 11.6. The topological polar surface area (TPSA) is 87.2 Å². The second-order valence-corrected chi connectivity index (χ2v) is 6.94. The van der Waals surface area contributed by atoms with Crippen LogP contribution in [0.5, 0.6) is 0 Å². The van der Waals surface area contributed by atoms with Gasteiger partial charge in [0.1, 0.15) is 0 Å². The van der Waals surface area contributed by atoms with E-state index in [4.69, 9.17) is 9.84 Å². The zero-order valence-corrected chi connectivity index (χ0v) is 12.4. The van der Waals surface area contributed by atoms with Gasteiger partial charge in [-0.2, -0.15) is 17.0 Å². The van der Waals surface area contributed by atoms with Crippen LogP contribution < -0.4 is 0 Å². The Balaban J connectivity index is 2.60. The van der Waals surface area contributed by atoms with Gasteiger partial charge in [0.05, 0.1) is 12.2 Å². The van der Waals surface area contributed by atoms with Crippen LogP contribution in [0.25, 0.3) is 0 Å². The summed E-state index contributed by atoms with van der Waals surface area (Å²) in [5, 5.41) is 8.55. The lowest BCUT2D eigenvalue weighted by Gasteiger charge is -2.36. The molecule has 112 valence electrons. The van der Waals surface area contributed by atoms with Crippen LogP contribution in [0.1, 0.15) is 26.7 Å². The number of hydrogen-bond donors (Lipinski definition) is 1. The number of carboxylic acids is 1. The number of carbonyl (C=O) groups is 1. The van der Waals surface area contributed by atoms with Crippen molar-refractivity contribution < 1.29 is 23.1 Å². The minimum absolute atomic E-state index is 0.0320. The molecular weight excluding hydrogens is 272 g/mol. The highest BCUT2D eigenvalue weighted by Crippen LogP contribution is 2.16. The second-order valence-electron chi connectivity index (χ2n) is 4.90. The van der Waals surface area contributed by atoms with Crippen LogP contribution in [0, 0.1) is 0 Å². The maximum Gasteiger partial charge on any atom is 0.303 e. The van der Waals surface area contributed by atoms with Gasteiger partial charge < -0.3 is 9.84 Å². The van der Waals surface area contributed by atoms with Gasteiger partial charge in [0.25, 0.3) is 10.2 Å². The fourth-order valence-corrected chi connectivity index (χ4v) is 3.64. The molecule has 1 aliphatic rings. The third-order valence-electron chi connectivity index (χ3n) is 2.97. The van der Waals surface area contributed by atoms with Crippen molar-refractivity contribution in [1.82, 2.24) is 8.61 Å². The van der Waals surface area contributed by atoms with E-state index < -0.39 is 16.2 Å². The van der Waals surface area contributed by atoms with Crippen LogP contribution in [-0.4, -0.2) is 67.0 Å². The zero-order chi connectivity index (χ0) is 14.6. The predicted molar refractivity (Wildman–Crippen MR) is 70.0 cm³/mol. The van der Waals surface area contributed by atoms with Crippen molar-refractivity contribution in [3.63, 3.8) is 0 Å². The normalized spacial score (nSPS) is 25.7. The number of hydrogen-bond acceptors (Lipinski definition) is 4. The van der Waals surface area contributed by atoms with E-state index in [2.05, 4.69) is 0 Å². The number of ether oxygens (including phenoxy) is 1. The predicted octanol–water partition coefficient (Wildman–Crippen LogP) is 0.137. The van der Waals surface area contributed by atoms with Crippen LogP contribution in [0.15, 0.2) is 0 Å². The molecule has 0 radical (unpaired) electrons. The largest absolute Gasteiger partial charge is 0.481 e. The first-order valence-electron chi connectivity index (χ1n) is 6.32. The molecule has 0 aromatic rings. The molecule has 1 heterocycles. The molecule has 2 unspecified atom stereocenters. The van der Waals surface area contributed by atoms with Crippen molar-refractivity contribution in [2.45, 2.75) is 38.9 Å². The molecule has 0 saturated carbocycles. The van der Waals surface area contributed by atoms with Gasteiger partial charge >= 0.3 is 5.97 Å². The molecule has 7 nitrogen and oxygen atoms in total. The van der Waals surface area contributed by atoms with Crippen molar-refractivity contribution in [3.8, 4) is 0 Å². The first-order valence-corrected chi connectivity index (χ1v) is 7.72. The molecule has 2 atom stereocenters. The van der Waals surface area contributed by atoms with Gasteiger partial charge in [0.2, 0.25) is 0 Å². The molecular formula is C11H22N2O5S. The Morgan fingerprint density at radius 2 is 1.89 bits per heavy atom. The number of rotatable bonds is 6. The summed E-state index contributed by atoms with van der Waals surface area (Å²) in [5.74, 6) is -0.917. The number of aliphatic carboxylic acids is 1. The Morgan fingerprint density at radius 3 is 2.37 bits per heavy atom.